The van der Waals surface area contributed by atoms with Crippen molar-refractivity contribution < 1.29 is 4.79 Å². The molecular weight excluding hydrogens is 264 g/mol. The maximum atomic E-state index is 11.5. The molecular formula is C18H20OS. The summed E-state index contributed by atoms with van der Waals surface area (Å²) in [5.41, 5.74) is 1.96. The monoisotopic (exact) mass is 284 g/mol. The van der Waals surface area contributed by atoms with Crippen molar-refractivity contribution in [1.29, 1.82) is 0 Å². The molecule has 0 aliphatic heterocycles. The average molecular weight is 284 g/mol. The van der Waals surface area contributed by atoms with Gasteiger partial charge in [-0.3, -0.25) is 4.79 Å². The van der Waals surface area contributed by atoms with Gasteiger partial charge in [-0.2, -0.15) is 11.8 Å². The van der Waals surface area contributed by atoms with E-state index in [0.29, 0.717) is 0 Å². The summed E-state index contributed by atoms with van der Waals surface area (Å²) < 4.78 is 0. The lowest BCUT2D eigenvalue weighted by atomic mass is 10.0. The summed E-state index contributed by atoms with van der Waals surface area (Å²) in [4.78, 5) is 11.5. The minimum atomic E-state index is 0.00679. The number of carbonyl (C=O) groups excluding carboxylic acids is 1. The van der Waals surface area contributed by atoms with Gasteiger partial charge in [-0.25, -0.2) is 0 Å². The molecule has 0 aliphatic rings. The molecule has 1 unspecified atom stereocenters. The number of thioether (sulfide) groups is 1. The highest BCUT2D eigenvalue weighted by atomic mass is 32.2. The van der Waals surface area contributed by atoms with Gasteiger partial charge in [-0.05, 0) is 48.6 Å². The van der Waals surface area contributed by atoms with Gasteiger partial charge in [0.25, 0.3) is 0 Å². The molecule has 1 aromatic rings. The van der Waals surface area contributed by atoms with Crippen LogP contribution in [0.4, 0.5) is 0 Å². The van der Waals surface area contributed by atoms with Crippen molar-refractivity contribution in [2.24, 2.45) is 0 Å². The van der Waals surface area contributed by atoms with E-state index in [-0.39, 0.29) is 11.0 Å². The van der Waals surface area contributed by atoms with E-state index < -0.39 is 0 Å². The molecule has 0 aliphatic carbocycles. The summed E-state index contributed by atoms with van der Waals surface area (Å²) in [6.07, 6.45) is 12.0. The van der Waals surface area contributed by atoms with Crippen LogP contribution in [-0.2, 0) is 11.2 Å². The second-order valence-electron chi connectivity index (χ2n) is 4.60. The van der Waals surface area contributed by atoms with Gasteiger partial charge < -0.3 is 0 Å². The fraction of sp³-hybridized carbons (Fsp3) is 0.278. The standard InChI is InChI=1S/C18H20OS/c1-6-15(7-2)10-17-11-16(9-8-13(17)3)12-18(20-5)14(4)19/h1,7-11,18H,3,12H2,2,4-5H3/b15-7-,17-10-. The van der Waals surface area contributed by atoms with Gasteiger partial charge >= 0.3 is 0 Å². The molecule has 1 rings (SSSR count). The summed E-state index contributed by atoms with van der Waals surface area (Å²) in [5.74, 6) is 2.84. The van der Waals surface area contributed by atoms with Crippen molar-refractivity contribution in [3.8, 4) is 12.3 Å². The molecule has 1 nitrogen and oxygen atoms in total. The van der Waals surface area contributed by atoms with Crippen LogP contribution in [0, 0.1) is 12.3 Å². The first-order chi connectivity index (χ1) is 9.51. The van der Waals surface area contributed by atoms with E-state index in [9.17, 15) is 4.79 Å². The Hall–Kier alpha value is -1.72. The summed E-state index contributed by atoms with van der Waals surface area (Å²) >= 11 is 1.59. The SMILES string of the molecule is C#CC(/C=c1/cc(CC(SC)C(C)=O)ccc1=C)=C/C. The number of Topliss-reactive ketones (excluding diaryl/α,β-unsaturated/α-hetero) is 1. The highest BCUT2D eigenvalue weighted by Gasteiger charge is 2.12. The van der Waals surface area contributed by atoms with Gasteiger partial charge in [0.05, 0.1) is 5.25 Å². The summed E-state index contributed by atoms with van der Waals surface area (Å²) in [7, 11) is 0. The summed E-state index contributed by atoms with van der Waals surface area (Å²) in [6.45, 7) is 7.57. The molecule has 1 atom stereocenters. The van der Waals surface area contributed by atoms with Crippen molar-refractivity contribution in [2.75, 3.05) is 6.26 Å². The predicted octanol–water partition coefficient (Wildman–Crippen LogP) is 2.32. The number of terminal acetylenes is 1. The van der Waals surface area contributed by atoms with E-state index in [1.54, 1.807) is 18.7 Å². The first kappa shape index (κ1) is 16.3. The number of hydrogen-bond donors (Lipinski definition) is 0. The Labute approximate surface area is 125 Å². The van der Waals surface area contributed by atoms with Crippen molar-refractivity contribution in [3.63, 3.8) is 0 Å². The number of ketones is 1. The molecule has 0 aromatic heterocycles. The Bertz CT molecular complexity index is 662. The van der Waals surface area contributed by atoms with Crippen molar-refractivity contribution in [1.82, 2.24) is 0 Å². The molecule has 20 heavy (non-hydrogen) atoms. The van der Waals surface area contributed by atoms with E-state index in [0.717, 1.165) is 28.0 Å². The molecule has 0 saturated carbocycles. The Kier molecular flexibility index (Phi) is 6.35. The zero-order valence-electron chi connectivity index (χ0n) is 12.3. The van der Waals surface area contributed by atoms with Crippen LogP contribution in [0.5, 0.6) is 0 Å². The number of allylic oxidation sites excluding steroid dienone is 2. The fourth-order valence-electron chi connectivity index (χ4n) is 1.89. The topological polar surface area (TPSA) is 17.1 Å². The number of benzene rings is 1. The van der Waals surface area contributed by atoms with Gasteiger partial charge in [-0.15, -0.1) is 6.42 Å². The molecule has 0 fully saturated rings. The molecule has 0 radical (unpaired) electrons. The van der Waals surface area contributed by atoms with E-state index in [2.05, 4.69) is 18.6 Å². The Morgan fingerprint density at radius 1 is 1.55 bits per heavy atom. The lowest BCUT2D eigenvalue weighted by Crippen LogP contribution is -2.25. The van der Waals surface area contributed by atoms with E-state index in [1.807, 2.05) is 37.5 Å². The average Bonchev–Trinajstić information content (AvgIpc) is 2.44. The second-order valence-corrected chi connectivity index (χ2v) is 5.65. The quantitative estimate of drug-likeness (QED) is 0.772. The van der Waals surface area contributed by atoms with Crippen LogP contribution >= 0.6 is 11.8 Å². The number of hydrogen-bond acceptors (Lipinski definition) is 2. The van der Waals surface area contributed by atoms with E-state index in [1.165, 1.54) is 0 Å². The molecule has 104 valence electrons. The summed E-state index contributed by atoms with van der Waals surface area (Å²) in [6, 6.07) is 6.06. The predicted molar refractivity (Wildman–Crippen MR) is 90.0 cm³/mol. The third-order valence-electron chi connectivity index (χ3n) is 3.16. The Balaban J connectivity index is 3.19. The molecule has 0 spiro atoms. The third-order valence-corrected chi connectivity index (χ3v) is 4.23. The first-order valence-electron chi connectivity index (χ1n) is 6.47. The Morgan fingerprint density at radius 2 is 2.25 bits per heavy atom. The lowest BCUT2D eigenvalue weighted by Gasteiger charge is -2.10. The highest BCUT2D eigenvalue weighted by Crippen LogP contribution is 2.13. The minimum absolute atomic E-state index is 0.00679. The van der Waals surface area contributed by atoms with Gasteiger partial charge in [0.15, 0.2) is 0 Å². The third kappa shape index (κ3) is 4.43. The van der Waals surface area contributed by atoms with Crippen molar-refractivity contribution in [3.05, 3.63) is 45.8 Å². The molecule has 0 heterocycles. The molecule has 0 saturated heterocycles. The van der Waals surface area contributed by atoms with Gasteiger partial charge in [0.1, 0.15) is 5.78 Å². The van der Waals surface area contributed by atoms with Gasteiger partial charge in [0.2, 0.25) is 0 Å². The molecule has 2 heteroatoms. The van der Waals surface area contributed by atoms with E-state index in [4.69, 9.17) is 6.42 Å². The molecule has 1 aromatic carbocycles. The largest absolute Gasteiger partial charge is 0.299 e. The molecule has 0 N–H and O–H groups in total. The van der Waals surface area contributed by atoms with Crippen LogP contribution < -0.4 is 10.4 Å². The van der Waals surface area contributed by atoms with E-state index >= 15 is 0 Å². The van der Waals surface area contributed by atoms with Crippen LogP contribution in [0.15, 0.2) is 29.8 Å². The normalized spacial score (nSPS) is 13.9. The highest BCUT2D eigenvalue weighted by molar-refractivity contribution is 7.99. The molecule has 0 bridgehead atoms. The van der Waals surface area contributed by atoms with Gasteiger partial charge in [0, 0.05) is 5.57 Å². The lowest BCUT2D eigenvalue weighted by molar-refractivity contribution is -0.116. The Morgan fingerprint density at radius 3 is 2.75 bits per heavy atom. The molecule has 0 amide bonds. The first-order valence-corrected chi connectivity index (χ1v) is 7.76. The minimum Gasteiger partial charge on any atom is -0.299 e. The van der Waals surface area contributed by atoms with Gasteiger partial charge in [-0.1, -0.05) is 36.8 Å². The van der Waals surface area contributed by atoms with Crippen LogP contribution in [0.25, 0.3) is 12.7 Å². The second kappa shape index (κ2) is 7.77. The van der Waals surface area contributed by atoms with Crippen molar-refractivity contribution >= 4 is 30.2 Å². The van der Waals surface area contributed by atoms with Crippen LogP contribution in [0.3, 0.4) is 0 Å². The zero-order valence-corrected chi connectivity index (χ0v) is 13.1. The maximum Gasteiger partial charge on any atom is 0.143 e. The smallest absolute Gasteiger partial charge is 0.143 e. The fourth-order valence-corrected chi connectivity index (χ4v) is 2.58. The van der Waals surface area contributed by atoms with Crippen LogP contribution in [0.1, 0.15) is 19.4 Å². The maximum absolute atomic E-state index is 11.5. The zero-order chi connectivity index (χ0) is 15.1. The number of rotatable bonds is 5. The van der Waals surface area contributed by atoms with Crippen LogP contribution in [-0.4, -0.2) is 17.3 Å². The number of carbonyl (C=O) groups is 1. The summed E-state index contributed by atoms with van der Waals surface area (Å²) in [5, 5.41) is 1.95. The van der Waals surface area contributed by atoms with Crippen molar-refractivity contribution in [2.45, 2.75) is 25.5 Å². The van der Waals surface area contributed by atoms with Crippen LogP contribution in [0.2, 0.25) is 0 Å².